The average Bonchev–Trinajstić information content (AvgIpc) is 1.81. The second-order valence-corrected chi connectivity index (χ2v) is 2.09. The van der Waals surface area contributed by atoms with Crippen molar-refractivity contribution >= 4 is 23.1 Å². The Labute approximate surface area is 124 Å². The van der Waals surface area contributed by atoms with Crippen LogP contribution in [0.3, 0.4) is 0 Å². The Hall–Kier alpha value is 1.99. The summed E-state index contributed by atoms with van der Waals surface area (Å²) in [6.45, 7) is 7.40. The Bertz CT molecular complexity index is 63.0. The van der Waals surface area contributed by atoms with Gasteiger partial charge in [-0.25, -0.2) is 0 Å². The quantitative estimate of drug-likeness (QED) is 0.273. The summed E-state index contributed by atoms with van der Waals surface area (Å²) >= 11 is 0. The zero-order valence-electron chi connectivity index (χ0n) is 7.45. The number of hydrogen-bond acceptors (Lipinski definition) is 0. The van der Waals surface area contributed by atoms with Crippen LogP contribution in [0.5, 0.6) is 0 Å². The fourth-order valence-corrected chi connectivity index (χ4v) is 0.689. The fourth-order valence-electron chi connectivity index (χ4n) is 0.689. The van der Waals surface area contributed by atoms with E-state index >= 15 is 0 Å². The summed E-state index contributed by atoms with van der Waals surface area (Å²) in [5.41, 5.74) is 0. The maximum atomic E-state index is 5.19. The first-order chi connectivity index (χ1) is 3.91. The normalized spacial score (nSPS) is 6.08. The molecule has 0 fully saturated rings. The molecular weight excluding hydrogens is 344 g/mol. The molecule has 0 saturated carbocycles. The monoisotopic (exact) mass is 356 g/mol. The SMILES string of the molecule is [Br-].[Br-].[CH-]=CCCCCCC.[Cu+].[Mg+2]. The molecule has 0 nitrogen and oxygen atoms in total. The van der Waals surface area contributed by atoms with Gasteiger partial charge >= 0.3 is 40.1 Å². The molecule has 0 bridgehead atoms. The number of rotatable bonds is 5. The predicted molar refractivity (Wildman–Crippen MR) is 43.4 cm³/mol. The molecule has 0 aromatic heterocycles. The van der Waals surface area contributed by atoms with Gasteiger partial charge in [-0.15, -0.1) is 0 Å². The first kappa shape index (κ1) is 29.2. The number of unbranched alkanes of at least 4 members (excludes halogenated alkanes) is 4. The number of halogens is 2. The number of hydrogen-bond donors (Lipinski definition) is 0. The molecule has 0 unspecified atom stereocenters. The predicted octanol–water partition coefficient (Wildman–Crippen LogP) is -3.43. The smallest absolute Gasteiger partial charge is 1.00 e. The van der Waals surface area contributed by atoms with Crippen LogP contribution in [-0.2, 0) is 17.1 Å². The van der Waals surface area contributed by atoms with Gasteiger partial charge in [0.05, 0.1) is 0 Å². The molecule has 0 radical (unpaired) electrons. The third-order valence-corrected chi connectivity index (χ3v) is 1.22. The summed E-state index contributed by atoms with van der Waals surface area (Å²) in [7, 11) is 0. The summed E-state index contributed by atoms with van der Waals surface area (Å²) in [6.07, 6.45) is 8.10. The fraction of sp³-hybridized carbons (Fsp3) is 0.750. The van der Waals surface area contributed by atoms with Gasteiger partial charge < -0.3 is 40.5 Å². The van der Waals surface area contributed by atoms with E-state index in [0.29, 0.717) is 0 Å². The van der Waals surface area contributed by atoms with Crippen LogP contribution in [-0.4, -0.2) is 23.1 Å². The molecule has 0 amide bonds. The van der Waals surface area contributed by atoms with Gasteiger partial charge in [0.1, 0.15) is 0 Å². The minimum atomic E-state index is 0. The molecule has 0 spiro atoms. The molecule has 0 aliphatic heterocycles. The van der Waals surface area contributed by atoms with Crippen molar-refractivity contribution in [1.82, 2.24) is 0 Å². The number of allylic oxidation sites excluding steroid dienone is 1. The maximum Gasteiger partial charge on any atom is 2.00 e. The standard InChI is InChI=1S/C8H15.2BrH.Cu.Mg/c1-3-5-7-8-6-4-2;;;;/h1,3H,4-8H2,2H3;2*1H;;/q-1;;;+1;+2/p-2. The molecule has 0 atom stereocenters. The Morgan fingerprint density at radius 3 is 1.92 bits per heavy atom. The molecule has 0 rings (SSSR count). The van der Waals surface area contributed by atoms with Crippen molar-refractivity contribution < 1.29 is 51.0 Å². The van der Waals surface area contributed by atoms with Crippen LogP contribution < -0.4 is 34.0 Å². The average molecular weight is 359 g/mol. The van der Waals surface area contributed by atoms with E-state index in [1.165, 1.54) is 25.7 Å². The second kappa shape index (κ2) is 29.3. The molecule has 74 valence electrons. The molecule has 0 aliphatic carbocycles. The van der Waals surface area contributed by atoms with Crippen molar-refractivity contribution in [2.45, 2.75) is 39.0 Å². The molecule has 0 N–H and O–H groups in total. The molecule has 0 aromatic rings. The van der Waals surface area contributed by atoms with Gasteiger partial charge in [-0.1, -0.05) is 39.0 Å². The first-order valence-corrected chi connectivity index (χ1v) is 3.45. The van der Waals surface area contributed by atoms with Gasteiger partial charge in [0.15, 0.2) is 0 Å². The van der Waals surface area contributed by atoms with E-state index in [4.69, 9.17) is 6.58 Å². The zero-order valence-corrected chi connectivity index (χ0v) is 13.0. The third-order valence-electron chi connectivity index (χ3n) is 1.22. The Kier molecular flexibility index (Phi) is 71.2. The van der Waals surface area contributed by atoms with Crippen molar-refractivity contribution in [3.8, 4) is 0 Å². The second-order valence-electron chi connectivity index (χ2n) is 2.09. The van der Waals surface area contributed by atoms with E-state index in [-0.39, 0.29) is 74.1 Å². The van der Waals surface area contributed by atoms with E-state index in [0.717, 1.165) is 6.42 Å². The van der Waals surface area contributed by atoms with Crippen LogP contribution in [0.15, 0.2) is 6.08 Å². The Morgan fingerprint density at radius 1 is 1.08 bits per heavy atom. The van der Waals surface area contributed by atoms with Crippen LogP contribution in [0.4, 0.5) is 0 Å². The molecule has 0 heterocycles. The van der Waals surface area contributed by atoms with Crippen LogP contribution in [0.2, 0.25) is 0 Å². The van der Waals surface area contributed by atoms with Gasteiger partial charge in [-0.3, -0.25) is 6.08 Å². The largest absolute Gasteiger partial charge is 2.00 e. The minimum Gasteiger partial charge on any atom is -1.00 e. The molecule has 0 aromatic carbocycles. The van der Waals surface area contributed by atoms with Crippen molar-refractivity contribution in [1.29, 1.82) is 0 Å². The van der Waals surface area contributed by atoms with Crippen LogP contribution >= 0.6 is 0 Å². The van der Waals surface area contributed by atoms with E-state index < -0.39 is 0 Å². The Morgan fingerprint density at radius 2 is 1.58 bits per heavy atom. The molecule has 4 heteroatoms. The summed E-state index contributed by atoms with van der Waals surface area (Å²) in [5, 5.41) is 0. The third kappa shape index (κ3) is 29.6. The van der Waals surface area contributed by atoms with E-state index in [2.05, 4.69) is 6.92 Å². The van der Waals surface area contributed by atoms with E-state index in [1.54, 1.807) is 6.08 Å². The van der Waals surface area contributed by atoms with Crippen molar-refractivity contribution in [3.05, 3.63) is 12.7 Å². The molecule has 12 heavy (non-hydrogen) atoms. The topological polar surface area (TPSA) is 0 Å². The van der Waals surface area contributed by atoms with E-state index in [9.17, 15) is 0 Å². The van der Waals surface area contributed by atoms with Crippen LogP contribution in [0, 0.1) is 6.58 Å². The summed E-state index contributed by atoms with van der Waals surface area (Å²) in [6, 6.07) is 0. The van der Waals surface area contributed by atoms with Gasteiger partial charge in [0.2, 0.25) is 0 Å². The van der Waals surface area contributed by atoms with Crippen molar-refractivity contribution in [3.63, 3.8) is 0 Å². The molecule has 0 saturated heterocycles. The molecular formula is C8H15Br2CuMg. The van der Waals surface area contributed by atoms with Gasteiger partial charge in [-0.05, 0) is 0 Å². The zero-order chi connectivity index (χ0) is 6.24. The van der Waals surface area contributed by atoms with E-state index in [1.807, 2.05) is 0 Å². The first-order valence-electron chi connectivity index (χ1n) is 3.45. The Balaban J connectivity index is -0.0000000408. The van der Waals surface area contributed by atoms with Gasteiger partial charge in [-0.2, -0.15) is 0 Å². The van der Waals surface area contributed by atoms with Gasteiger partial charge in [0.25, 0.3) is 0 Å². The summed E-state index contributed by atoms with van der Waals surface area (Å²) < 4.78 is 0. The maximum absolute atomic E-state index is 5.19. The minimum absolute atomic E-state index is 0. The summed E-state index contributed by atoms with van der Waals surface area (Å²) in [5.74, 6) is 0. The van der Waals surface area contributed by atoms with Crippen LogP contribution in [0.25, 0.3) is 0 Å². The van der Waals surface area contributed by atoms with Crippen molar-refractivity contribution in [2.24, 2.45) is 0 Å². The van der Waals surface area contributed by atoms with Gasteiger partial charge in [0, 0.05) is 0 Å². The van der Waals surface area contributed by atoms with Crippen molar-refractivity contribution in [2.75, 3.05) is 0 Å². The molecule has 0 aliphatic rings. The summed E-state index contributed by atoms with van der Waals surface area (Å²) in [4.78, 5) is 0. The van der Waals surface area contributed by atoms with Crippen LogP contribution in [0.1, 0.15) is 39.0 Å².